The summed E-state index contributed by atoms with van der Waals surface area (Å²) in [6.07, 6.45) is 2.46. The van der Waals surface area contributed by atoms with Crippen molar-refractivity contribution in [3.05, 3.63) is 0 Å². The molecule has 0 aromatic rings. The van der Waals surface area contributed by atoms with Crippen molar-refractivity contribution in [3.63, 3.8) is 0 Å². The molecule has 0 bridgehead atoms. The van der Waals surface area contributed by atoms with E-state index in [0.29, 0.717) is 11.5 Å². The minimum absolute atomic E-state index is 0.0329. The summed E-state index contributed by atoms with van der Waals surface area (Å²) in [5, 5.41) is 3.10. The average Bonchev–Trinajstić information content (AvgIpc) is 2.10. The number of rotatable bonds is 3. The second-order valence-electron chi connectivity index (χ2n) is 2.36. The van der Waals surface area contributed by atoms with Crippen molar-refractivity contribution >= 4 is 23.2 Å². The zero-order valence-electron chi connectivity index (χ0n) is 7.44. The van der Waals surface area contributed by atoms with E-state index >= 15 is 0 Å². The number of thiocarbonyl (C=S) groups is 1. The summed E-state index contributed by atoms with van der Waals surface area (Å²) in [7, 11) is 1.69. The third-order valence-electron chi connectivity index (χ3n) is 1.30. The van der Waals surface area contributed by atoms with Crippen LogP contribution in [0.15, 0.2) is 0 Å². The normalized spacial score (nSPS) is 8.83. The van der Waals surface area contributed by atoms with Gasteiger partial charge in [-0.05, 0) is 18.6 Å². The fourth-order valence-corrected chi connectivity index (χ4v) is 0.640. The summed E-state index contributed by atoms with van der Waals surface area (Å²) in [5.74, 6) is -0.0329. The summed E-state index contributed by atoms with van der Waals surface area (Å²) >= 11 is 4.75. The van der Waals surface area contributed by atoms with E-state index in [1.165, 1.54) is 0 Å². The third-order valence-corrected chi connectivity index (χ3v) is 1.61. The Bertz CT molecular complexity index is 161. The van der Waals surface area contributed by atoms with Crippen molar-refractivity contribution in [1.29, 1.82) is 0 Å². The molecule has 3 N–H and O–H groups in total. The van der Waals surface area contributed by atoms with E-state index in [4.69, 9.17) is 12.2 Å². The lowest BCUT2D eigenvalue weighted by Crippen LogP contribution is -2.45. The Morgan fingerprint density at radius 2 is 2.08 bits per heavy atom. The Labute approximate surface area is 78.1 Å². The van der Waals surface area contributed by atoms with Crippen LogP contribution in [0.5, 0.6) is 0 Å². The summed E-state index contributed by atoms with van der Waals surface area (Å²) in [5.41, 5.74) is 5.04. The Morgan fingerprint density at radius 3 is 2.58 bits per heavy atom. The van der Waals surface area contributed by atoms with Gasteiger partial charge in [0.15, 0.2) is 5.11 Å². The number of carbonyl (C=O) groups is 1. The second-order valence-corrected chi connectivity index (χ2v) is 2.76. The first-order valence-corrected chi connectivity index (χ1v) is 4.38. The number of amides is 1. The summed E-state index contributed by atoms with van der Waals surface area (Å²) < 4.78 is 0. The van der Waals surface area contributed by atoms with Crippen LogP contribution in [0, 0.1) is 0 Å². The molecule has 0 saturated heterocycles. The highest BCUT2D eigenvalue weighted by atomic mass is 32.1. The molecule has 0 aliphatic rings. The summed E-state index contributed by atoms with van der Waals surface area (Å²) in [6, 6.07) is 0. The quantitative estimate of drug-likeness (QED) is 0.441. The van der Waals surface area contributed by atoms with Crippen LogP contribution in [0.2, 0.25) is 0 Å². The van der Waals surface area contributed by atoms with E-state index in [0.717, 1.165) is 12.8 Å². The lowest BCUT2D eigenvalue weighted by atomic mass is 10.2. The summed E-state index contributed by atoms with van der Waals surface area (Å²) in [4.78, 5) is 11.0. The molecule has 0 rings (SSSR count). The number of nitrogens with one attached hydrogen (secondary N) is 3. The maximum atomic E-state index is 11.0. The molecule has 0 aromatic heterocycles. The van der Waals surface area contributed by atoms with Crippen molar-refractivity contribution in [1.82, 2.24) is 16.2 Å². The van der Waals surface area contributed by atoms with E-state index < -0.39 is 0 Å². The average molecular weight is 189 g/mol. The largest absolute Gasteiger partial charge is 0.364 e. The first kappa shape index (κ1) is 11.2. The molecule has 0 spiro atoms. The number of hydrogen-bond acceptors (Lipinski definition) is 2. The van der Waals surface area contributed by atoms with Crippen LogP contribution in [0.1, 0.15) is 26.2 Å². The molecule has 0 aliphatic heterocycles. The Morgan fingerprint density at radius 1 is 1.42 bits per heavy atom. The number of hydrazine groups is 1. The molecule has 0 heterocycles. The molecule has 0 atom stereocenters. The van der Waals surface area contributed by atoms with Gasteiger partial charge in [0.25, 0.3) is 0 Å². The molecule has 70 valence electrons. The van der Waals surface area contributed by atoms with Gasteiger partial charge in [0.1, 0.15) is 0 Å². The molecule has 5 heteroatoms. The van der Waals surface area contributed by atoms with Crippen LogP contribution < -0.4 is 16.2 Å². The molecule has 0 aliphatic carbocycles. The van der Waals surface area contributed by atoms with Crippen LogP contribution in [0.25, 0.3) is 0 Å². The standard InChI is InChI=1S/C7H15N3OS/c1-3-4-5-6(11)9-10-7(12)8-2/h3-5H2,1-2H3,(H,9,11)(H2,8,10,12). The molecule has 0 aromatic carbocycles. The first-order valence-electron chi connectivity index (χ1n) is 3.97. The fourth-order valence-electron chi connectivity index (χ4n) is 0.589. The molecule has 4 nitrogen and oxygen atoms in total. The highest BCUT2D eigenvalue weighted by Crippen LogP contribution is 1.91. The van der Waals surface area contributed by atoms with Gasteiger partial charge in [-0.25, -0.2) is 0 Å². The van der Waals surface area contributed by atoms with Crippen molar-refractivity contribution in [2.75, 3.05) is 7.05 Å². The van der Waals surface area contributed by atoms with Crippen molar-refractivity contribution in [2.45, 2.75) is 26.2 Å². The topological polar surface area (TPSA) is 53.2 Å². The van der Waals surface area contributed by atoms with Crippen molar-refractivity contribution in [2.24, 2.45) is 0 Å². The maximum Gasteiger partial charge on any atom is 0.238 e. The Kier molecular flexibility index (Phi) is 6.37. The molecule has 0 fully saturated rings. The third kappa shape index (κ3) is 5.91. The van der Waals surface area contributed by atoms with E-state index in [1.54, 1.807) is 7.05 Å². The van der Waals surface area contributed by atoms with E-state index in [2.05, 4.69) is 16.2 Å². The predicted molar refractivity (Wildman–Crippen MR) is 52.5 cm³/mol. The van der Waals surface area contributed by atoms with Gasteiger partial charge in [-0.1, -0.05) is 13.3 Å². The number of unbranched alkanes of at least 4 members (excludes halogenated alkanes) is 1. The highest BCUT2D eigenvalue weighted by molar-refractivity contribution is 7.80. The molecule has 0 unspecified atom stereocenters. The van der Waals surface area contributed by atoms with Gasteiger partial charge >= 0.3 is 0 Å². The maximum absolute atomic E-state index is 11.0. The van der Waals surface area contributed by atoms with Gasteiger partial charge in [0.05, 0.1) is 0 Å². The smallest absolute Gasteiger partial charge is 0.238 e. The minimum Gasteiger partial charge on any atom is -0.364 e. The fraction of sp³-hybridized carbons (Fsp3) is 0.714. The molecular weight excluding hydrogens is 174 g/mol. The SMILES string of the molecule is CCCCC(=O)NNC(=S)NC. The first-order chi connectivity index (χ1) is 5.70. The highest BCUT2D eigenvalue weighted by Gasteiger charge is 1.98. The molecule has 1 amide bonds. The molecule has 0 saturated carbocycles. The lowest BCUT2D eigenvalue weighted by Gasteiger charge is -2.07. The molecule has 0 radical (unpaired) electrons. The zero-order valence-corrected chi connectivity index (χ0v) is 8.25. The Hall–Kier alpha value is -0.840. The van der Waals surface area contributed by atoms with Gasteiger partial charge in [0, 0.05) is 13.5 Å². The van der Waals surface area contributed by atoms with Crippen LogP contribution >= 0.6 is 12.2 Å². The van der Waals surface area contributed by atoms with E-state index in [-0.39, 0.29) is 5.91 Å². The van der Waals surface area contributed by atoms with Crippen LogP contribution in [-0.2, 0) is 4.79 Å². The van der Waals surface area contributed by atoms with Crippen LogP contribution in [0.4, 0.5) is 0 Å². The van der Waals surface area contributed by atoms with E-state index in [9.17, 15) is 4.79 Å². The number of carbonyl (C=O) groups excluding carboxylic acids is 1. The van der Waals surface area contributed by atoms with Crippen LogP contribution in [0.3, 0.4) is 0 Å². The zero-order chi connectivity index (χ0) is 9.40. The van der Waals surface area contributed by atoms with Gasteiger partial charge < -0.3 is 5.32 Å². The van der Waals surface area contributed by atoms with E-state index in [1.807, 2.05) is 6.92 Å². The predicted octanol–water partition coefficient (Wildman–Crippen LogP) is 0.302. The van der Waals surface area contributed by atoms with Gasteiger partial charge in [0.2, 0.25) is 5.91 Å². The molecular formula is C7H15N3OS. The van der Waals surface area contributed by atoms with Crippen molar-refractivity contribution < 1.29 is 4.79 Å². The minimum atomic E-state index is -0.0329. The van der Waals surface area contributed by atoms with Crippen molar-refractivity contribution in [3.8, 4) is 0 Å². The van der Waals surface area contributed by atoms with Gasteiger partial charge in [-0.2, -0.15) is 0 Å². The van der Waals surface area contributed by atoms with Crippen LogP contribution in [-0.4, -0.2) is 18.1 Å². The second kappa shape index (κ2) is 6.84. The van der Waals surface area contributed by atoms with Gasteiger partial charge in [-0.3, -0.25) is 15.6 Å². The summed E-state index contributed by atoms with van der Waals surface area (Å²) in [6.45, 7) is 2.04. The number of hydrogen-bond donors (Lipinski definition) is 3. The lowest BCUT2D eigenvalue weighted by molar-refractivity contribution is -0.121. The Balaban J connectivity index is 3.37. The van der Waals surface area contributed by atoms with Gasteiger partial charge in [-0.15, -0.1) is 0 Å². The molecule has 12 heavy (non-hydrogen) atoms. The monoisotopic (exact) mass is 189 g/mol.